The fourth-order valence-corrected chi connectivity index (χ4v) is 5.85. The summed E-state index contributed by atoms with van der Waals surface area (Å²) >= 11 is 10.9. The number of amides is 3. The molecule has 0 radical (unpaired) electrons. The summed E-state index contributed by atoms with van der Waals surface area (Å²) in [5, 5.41) is 11.7. The number of nitrogens with two attached hydrogens (primary N) is 1. The molecule has 5 N–H and O–H groups in total. The van der Waals surface area contributed by atoms with Gasteiger partial charge in [0.05, 0.1) is 4.90 Å². The summed E-state index contributed by atoms with van der Waals surface area (Å²) in [6, 6.07) is 16.6. The Balaban J connectivity index is 1.75. The molecule has 1 unspecified atom stereocenters. The molecule has 0 saturated carbocycles. The van der Waals surface area contributed by atoms with Gasteiger partial charge < -0.3 is 16.2 Å². The Labute approximate surface area is 247 Å². The summed E-state index contributed by atoms with van der Waals surface area (Å²) in [7, 11) is -4.35. The van der Waals surface area contributed by atoms with Gasteiger partial charge in [0.1, 0.15) is 17.8 Å². The van der Waals surface area contributed by atoms with E-state index in [-0.39, 0.29) is 40.7 Å². The molecule has 3 aromatic rings. The minimum absolute atomic E-state index is 0.0661. The number of aliphatic hydroxyl groups is 1. The average Bonchev–Trinajstić information content (AvgIpc) is 2.91. The van der Waals surface area contributed by atoms with Gasteiger partial charge in [-0.05, 0) is 49.1 Å². The minimum atomic E-state index is -4.35. The van der Waals surface area contributed by atoms with Gasteiger partial charge in [0.15, 0.2) is 0 Å². The Morgan fingerprint density at radius 1 is 1.00 bits per heavy atom. The van der Waals surface area contributed by atoms with Gasteiger partial charge in [-0.2, -0.15) is 12.6 Å². The summed E-state index contributed by atoms with van der Waals surface area (Å²) in [4.78, 5) is 36.5. The topological polar surface area (TPSA) is 156 Å². The maximum atomic E-state index is 13.9. The molecule has 0 spiro atoms. The van der Waals surface area contributed by atoms with E-state index in [1.165, 1.54) is 36.4 Å². The lowest BCUT2D eigenvalue weighted by Gasteiger charge is -2.18. The van der Waals surface area contributed by atoms with Crippen LogP contribution in [0.25, 0.3) is 11.1 Å². The van der Waals surface area contributed by atoms with Crippen LogP contribution in [0.1, 0.15) is 18.1 Å². The van der Waals surface area contributed by atoms with Crippen LogP contribution in [0.5, 0.6) is 0 Å². The molecule has 218 valence electrons. The van der Waals surface area contributed by atoms with Crippen molar-refractivity contribution in [2.75, 3.05) is 6.54 Å². The number of benzene rings is 3. The highest BCUT2D eigenvalue weighted by atomic mass is 35.5. The third-order valence-electron chi connectivity index (χ3n) is 6.14. The number of aliphatic hydroxyl groups excluding tert-OH is 1. The number of hydrogen-bond acceptors (Lipinski definition) is 7. The van der Waals surface area contributed by atoms with Crippen LogP contribution in [0.3, 0.4) is 0 Å². The van der Waals surface area contributed by atoms with Crippen molar-refractivity contribution >= 4 is 52.0 Å². The fraction of sp³-hybridized carbons (Fsp3) is 0.250. The van der Waals surface area contributed by atoms with Crippen molar-refractivity contribution in [1.29, 1.82) is 0 Å². The Kier molecular flexibility index (Phi) is 10.9. The third-order valence-corrected chi connectivity index (χ3v) is 8.22. The molecule has 0 heterocycles. The molecule has 3 atom stereocenters. The van der Waals surface area contributed by atoms with E-state index in [0.29, 0.717) is 16.7 Å². The van der Waals surface area contributed by atoms with Gasteiger partial charge in [-0.25, -0.2) is 17.5 Å². The van der Waals surface area contributed by atoms with Crippen LogP contribution in [-0.4, -0.2) is 49.1 Å². The van der Waals surface area contributed by atoms with Gasteiger partial charge in [0.25, 0.3) is 15.9 Å². The molecule has 0 aromatic heterocycles. The molecule has 0 aliphatic heterocycles. The average molecular weight is 622 g/mol. The number of carbonyl (C=O) groups excluding carboxylic acids is 3. The van der Waals surface area contributed by atoms with E-state index in [1.807, 2.05) is 4.72 Å². The van der Waals surface area contributed by atoms with Crippen LogP contribution < -0.4 is 15.8 Å². The summed E-state index contributed by atoms with van der Waals surface area (Å²) in [6.07, 6.45) is -1.37. The molecule has 3 amide bonds. The number of nitrogens with one attached hydrogen (secondary N) is 2. The highest BCUT2D eigenvalue weighted by Crippen LogP contribution is 2.34. The van der Waals surface area contributed by atoms with Crippen molar-refractivity contribution in [3.8, 4) is 11.1 Å². The van der Waals surface area contributed by atoms with Crippen molar-refractivity contribution < 1.29 is 32.3 Å². The standard InChI is InChI=1S/C28H29ClFN3O6S2/c1-16(34)27(36)33-41(38,39)25-9-5-3-7-21(25)20-11-10-17(13-23(20)29)12-22(26(31)35)28(37)32-15-19(40)14-18-6-2-4-8-24(18)30/h2-11,13,16,19,22,34,40H,12,14-15H2,1H3,(H2,31,35)(H,32,37)(H,33,36)/t16-,19-,22?/m0/s1. The van der Waals surface area contributed by atoms with Crippen molar-refractivity contribution in [2.24, 2.45) is 11.7 Å². The minimum Gasteiger partial charge on any atom is -0.384 e. The summed E-state index contributed by atoms with van der Waals surface area (Å²) in [5.74, 6) is -4.20. The van der Waals surface area contributed by atoms with Crippen molar-refractivity contribution in [2.45, 2.75) is 36.0 Å². The van der Waals surface area contributed by atoms with Crippen LogP contribution in [-0.2, 0) is 37.2 Å². The summed E-state index contributed by atoms with van der Waals surface area (Å²) < 4.78 is 41.4. The van der Waals surface area contributed by atoms with Gasteiger partial charge in [-0.3, -0.25) is 14.4 Å². The highest BCUT2D eigenvalue weighted by Gasteiger charge is 2.27. The Morgan fingerprint density at radius 2 is 1.66 bits per heavy atom. The van der Waals surface area contributed by atoms with Gasteiger partial charge in [-0.1, -0.05) is 60.1 Å². The second-order valence-electron chi connectivity index (χ2n) is 9.31. The van der Waals surface area contributed by atoms with E-state index in [1.54, 1.807) is 30.3 Å². The number of sulfonamides is 1. The zero-order chi connectivity index (χ0) is 30.3. The highest BCUT2D eigenvalue weighted by molar-refractivity contribution is 7.90. The molecule has 13 heteroatoms. The lowest BCUT2D eigenvalue weighted by Crippen LogP contribution is -2.42. The Hall–Kier alpha value is -3.45. The predicted molar refractivity (Wildman–Crippen MR) is 156 cm³/mol. The van der Waals surface area contributed by atoms with Crippen LogP contribution in [0.15, 0.2) is 71.6 Å². The smallest absolute Gasteiger partial charge is 0.264 e. The van der Waals surface area contributed by atoms with Crippen molar-refractivity contribution in [3.63, 3.8) is 0 Å². The van der Waals surface area contributed by atoms with Gasteiger partial charge >= 0.3 is 0 Å². The zero-order valence-corrected chi connectivity index (χ0v) is 24.3. The molecule has 3 aromatic carbocycles. The molecular weight excluding hydrogens is 593 g/mol. The number of halogens is 2. The maximum Gasteiger partial charge on any atom is 0.264 e. The molecule has 0 saturated heterocycles. The molecule has 9 nitrogen and oxygen atoms in total. The molecule has 0 aliphatic carbocycles. The first kappa shape index (κ1) is 32.1. The number of rotatable bonds is 12. The maximum absolute atomic E-state index is 13.9. The third kappa shape index (κ3) is 8.52. The lowest BCUT2D eigenvalue weighted by atomic mass is 9.95. The predicted octanol–water partition coefficient (Wildman–Crippen LogP) is 2.63. The Morgan fingerprint density at radius 3 is 2.29 bits per heavy atom. The summed E-state index contributed by atoms with van der Waals surface area (Å²) in [5.41, 5.74) is 6.93. The van der Waals surface area contributed by atoms with E-state index in [0.717, 1.165) is 6.92 Å². The molecule has 41 heavy (non-hydrogen) atoms. The SMILES string of the molecule is C[C@H](O)C(=O)NS(=O)(=O)c1ccccc1-c1ccc(CC(C(N)=O)C(=O)NC[C@@H](S)Cc2ccccc2F)cc1Cl. The lowest BCUT2D eigenvalue weighted by molar-refractivity contribution is -0.133. The first-order valence-corrected chi connectivity index (χ1v) is 14.8. The molecule has 0 aliphatic rings. The van der Waals surface area contributed by atoms with Gasteiger partial charge in [0, 0.05) is 27.9 Å². The van der Waals surface area contributed by atoms with Crippen LogP contribution >= 0.6 is 24.2 Å². The van der Waals surface area contributed by atoms with Crippen molar-refractivity contribution in [3.05, 3.63) is 88.7 Å². The quantitative estimate of drug-likeness (QED) is 0.155. The van der Waals surface area contributed by atoms with Crippen LogP contribution in [0, 0.1) is 11.7 Å². The second-order valence-corrected chi connectivity index (χ2v) is 12.1. The number of thiol groups is 1. The molecular formula is C28H29ClFN3O6S2. The first-order chi connectivity index (χ1) is 19.3. The van der Waals surface area contributed by atoms with Gasteiger partial charge in [0.2, 0.25) is 11.8 Å². The number of carbonyl (C=O) groups is 3. The van der Waals surface area contributed by atoms with Crippen LogP contribution in [0.4, 0.5) is 4.39 Å². The van der Waals surface area contributed by atoms with Crippen LogP contribution in [0.2, 0.25) is 5.02 Å². The second kappa shape index (κ2) is 13.9. The summed E-state index contributed by atoms with van der Waals surface area (Å²) in [6.45, 7) is 1.20. The zero-order valence-electron chi connectivity index (χ0n) is 21.9. The number of hydrogen-bond donors (Lipinski definition) is 5. The van der Waals surface area contributed by atoms with E-state index < -0.39 is 45.0 Å². The van der Waals surface area contributed by atoms with E-state index >= 15 is 0 Å². The fourth-order valence-electron chi connectivity index (χ4n) is 3.99. The Bertz CT molecular complexity index is 1550. The molecule has 0 bridgehead atoms. The largest absolute Gasteiger partial charge is 0.384 e. The monoisotopic (exact) mass is 621 g/mol. The van der Waals surface area contributed by atoms with E-state index in [4.69, 9.17) is 17.3 Å². The van der Waals surface area contributed by atoms with E-state index in [2.05, 4.69) is 17.9 Å². The van der Waals surface area contributed by atoms with Crippen molar-refractivity contribution in [1.82, 2.24) is 10.0 Å². The normalized spacial score (nSPS) is 13.6. The number of primary amides is 1. The molecule has 3 rings (SSSR count). The van der Waals surface area contributed by atoms with E-state index in [9.17, 15) is 32.3 Å². The first-order valence-electron chi connectivity index (χ1n) is 12.4. The molecule has 0 fully saturated rings. The van der Waals surface area contributed by atoms with Gasteiger partial charge in [-0.15, -0.1) is 0 Å².